The van der Waals surface area contributed by atoms with Gasteiger partial charge in [0.2, 0.25) is 0 Å². The highest BCUT2D eigenvalue weighted by Crippen LogP contribution is 2.37. The highest BCUT2D eigenvalue weighted by Gasteiger charge is 2.27. The van der Waals surface area contributed by atoms with Gasteiger partial charge in [-0.25, -0.2) is 15.0 Å². The fourth-order valence-electron chi connectivity index (χ4n) is 5.13. The standard InChI is InChI=1S/C27H34ClN7O3S2/c1-4-38-24(36)15-34-8-9-35(13-18(34)3)23-12-29-20(11-30-23)26(37)32-27-31-25(21-10-19(28)16-39-21)22(40-27)14-33-7-5-6-17(33)2/h10-12,16-18H,4-9,13-15H2,1-3H3,(H,31,32,37)/t17-,18+/m1/s1. The van der Waals surface area contributed by atoms with E-state index in [1.165, 1.54) is 30.4 Å². The number of ether oxygens (including phenoxy) is 1. The fraction of sp³-hybridized carbons (Fsp3) is 0.519. The number of halogens is 1. The van der Waals surface area contributed by atoms with Crippen molar-refractivity contribution in [2.75, 3.05) is 49.5 Å². The lowest BCUT2D eigenvalue weighted by atomic mass is 10.2. The molecular formula is C27H34ClN7O3S2. The third kappa shape index (κ3) is 6.80. The van der Waals surface area contributed by atoms with Gasteiger partial charge in [-0.1, -0.05) is 22.9 Å². The molecule has 0 radical (unpaired) electrons. The maximum Gasteiger partial charge on any atom is 0.320 e. The van der Waals surface area contributed by atoms with Crippen molar-refractivity contribution in [3.63, 3.8) is 0 Å². The largest absolute Gasteiger partial charge is 0.465 e. The molecule has 0 unspecified atom stereocenters. The van der Waals surface area contributed by atoms with Crippen LogP contribution in [0.5, 0.6) is 0 Å². The average Bonchev–Trinajstić information content (AvgIpc) is 3.66. The van der Waals surface area contributed by atoms with E-state index in [9.17, 15) is 9.59 Å². The summed E-state index contributed by atoms with van der Waals surface area (Å²) in [7, 11) is 0. The molecule has 0 aliphatic carbocycles. The van der Waals surface area contributed by atoms with Crippen molar-refractivity contribution in [3.05, 3.63) is 39.4 Å². The van der Waals surface area contributed by atoms with Gasteiger partial charge in [-0.3, -0.25) is 24.7 Å². The van der Waals surface area contributed by atoms with E-state index in [1.54, 1.807) is 17.5 Å². The molecule has 2 atom stereocenters. The van der Waals surface area contributed by atoms with Crippen LogP contribution in [-0.2, 0) is 16.1 Å². The zero-order chi connectivity index (χ0) is 28.2. The van der Waals surface area contributed by atoms with Crippen LogP contribution < -0.4 is 10.2 Å². The van der Waals surface area contributed by atoms with Gasteiger partial charge in [0.15, 0.2) is 5.13 Å². The lowest BCUT2D eigenvalue weighted by molar-refractivity contribution is -0.145. The molecule has 5 heterocycles. The second kappa shape index (κ2) is 12.9. The molecular weight excluding hydrogens is 570 g/mol. The number of thiazole rings is 1. The van der Waals surface area contributed by atoms with Crippen LogP contribution in [-0.4, -0.2) is 88.0 Å². The average molecular weight is 604 g/mol. The van der Waals surface area contributed by atoms with Gasteiger partial charge in [0.25, 0.3) is 5.91 Å². The van der Waals surface area contributed by atoms with Gasteiger partial charge >= 0.3 is 5.97 Å². The van der Waals surface area contributed by atoms with Crippen molar-refractivity contribution in [3.8, 4) is 10.6 Å². The predicted octanol–water partition coefficient (Wildman–Crippen LogP) is 4.63. The van der Waals surface area contributed by atoms with Crippen LogP contribution in [0.4, 0.5) is 10.9 Å². The molecule has 2 saturated heterocycles. The predicted molar refractivity (Wildman–Crippen MR) is 159 cm³/mol. The summed E-state index contributed by atoms with van der Waals surface area (Å²) in [6, 6.07) is 2.60. The van der Waals surface area contributed by atoms with Gasteiger partial charge in [-0.2, -0.15) is 0 Å². The molecule has 3 aromatic rings. The topological polar surface area (TPSA) is 104 Å². The van der Waals surface area contributed by atoms with Gasteiger partial charge in [0.05, 0.1) is 41.1 Å². The number of nitrogens with one attached hydrogen (secondary N) is 1. The van der Waals surface area contributed by atoms with Crippen LogP contribution in [0.25, 0.3) is 10.6 Å². The third-order valence-electron chi connectivity index (χ3n) is 7.35. The number of carbonyl (C=O) groups is 2. The zero-order valence-electron chi connectivity index (χ0n) is 22.9. The molecule has 0 aromatic carbocycles. The summed E-state index contributed by atoms with van der Waals surface area (Å²) in [5.74, 6) is 0.145. The maximum atomic E-state index is 13.1. The lowest BCUT2D eigenvalue weighted by Gasteiger charge is -2.39. The van der Waals surface area contributed by atoms with Crippen molar-refractivity contribution in [1.29, 1.82) is 0 Å². The molecule has 13 heteroatoms. The molecule has 0 saturated carbocycles. The molecule has 40 heavy (non-hydrogen) atoms. The molecule has 1 amide bonds. The first-order valence-corrected chi connectivity index (χ1v) is 15.6. The molecule has 3 aromatic heterocycles. The van der Waals surface area contributed by atoms with E-state index in [1.807, 2.05) is 18.4 Å². The quantitative estimate of drug-likeness (QED) is 0.351. The van der Waals surface area contributed by atoms with Crippen LogP contribution in [0.1, 0.15) is 49.0 Å². The second-order valence-electron chi connectivity index (χ2n) is 10.2. The number of hydrogen-bond acceptors (Lipinski definition) is 11. The number of thiophene rings is 1. The first-order valence-electron chi connectivity index (χ1n) is 13.6. The summed E-state index contributed by atoms with van der Waals surface area (Å²) in [5.41, 5.74) is 1.09. The Labute approximate surface area is 247 Å². The minimum absolute atomic E-state index is 0.151. The monoisotopic (exact) mass is 603 g/mol. The molecule has 5 rings (SSSR count). The Balaban J connectivity index is 1.24. The normalized spacial score (nSPS) is 20.1. The number of likely N-dealkylation sites (tertiary alicyclic amines) is 1. The number of piperazine rings is 1. The molecule has 0 spiro atoms. The number of esters is 1. The summed E-state index contributed by atoms with van der Waals surface area (Å²) >= 11 is 9.26. The highest BCUT2D eigenvalue weighted by atomic mass is 35.5. The van der Waals surface area contributed by atoms with Crippen molar-refractivity contribution >= 4 is 57.1 Å². The second-order valence-corrected chi connectivity index (χ2v) is 12.6. The Morgan fingerprint density at radius 3 is 2.65 bits per heavy atom. The number of amides is 1. The van der Waals surface area contributed by atoms with E-state index in [2.05, 4.69) is 43.8 Å². The summed E-state index contributed by atoms with van der Waals surface area (Å²) < 4.78 is 5.08. The van der Waals surface area contributed by atoms with Crippen molar-refractivity contribution in [2.45, 2.75) is 52.2 Å². The molecule has 1 N–H and O–H groups in total. The maximum absolute atomic E-state index is 13.1. The molecule has 2 aliphatic heterocycles. The van der Waals surface area contributed by atoms with Gasteiger partial charge < -0.3 is 9.64 Å². The summed E-state index contributed by atoms with van der Waals surface area (Å²) in [4.78, 5) is 47.4. The number of nitrogens with zero attached hydrogens (tertiary/aromatic N) is 6. The first kappa shape index (κ1) is 28.9. The zero-order valence-corrected chi connectivity index (χ0v) is 25.3. The minimum atomic E-state index is -0.350. The van der Waals surface area contributed by atoms with Gasteiger partial charge in [-0.15, -0.1) is 11.3 Å². The number of anilines is 2. The molecule has 10 nitrogen and oxygen atoms in total. The van der Waals surface area contributed by atoms with E-state index in [4.69, 9.17) is 21.3 Å². The summed E-state index contributed by atoms with van der Waals surface area (Å²) in [6.07, 6.45) is 5.52. The Hall–Kier alpha value is -2.64. The lowest BCUT2D eigenvalue weighted by Crippen LogP contribution is -2.53. The van der Waals surface area contributed by atoms with Crippen molar-refractivity contribution in [1.82, 2.24) is 24.8 Å². The summed E-state index contributed by atoms with van der Waals surface area (Å²) in [6.45, 7) is 10.8. The number of rotatable bonds is 9. The number of hydrogen-bond donors (Lipinski definition) is 1. The molecule has 2 fully saturated rings. The fourth-order valence-corrected chi connectivity index (χ4v) is 7.28. The minimum Gasteiger partial charge on any atom is -0.465 e. The van der Waals surface area contributed by atoms with E-state index in [-0.39, 0.29) is 30.2 Å². The Kier molecular flexibility index (Phi) is 9.31. The SMILES string of the molecule is CCOC(=O)CN1CCN(c2cnc(C(=O)Nc3nc(-c4cc(Cl)cs4)c(CN4CCC[C@H]4C)s3)cn2)C[C@@H]1C. The smallest absolute Gasteiger partial charge is 0.320 e. The molecule has 214 valence electrons. The van der Waals surface area contributed by atoms with E-state index >= 15 is 0 Å². The molecule has 0 bridgehead atoms. The van der Waals surface area contributed by atoms with Gasteiger partial charge in [0.1, 0.15) is 11.5 Å². The Morgan fingerprint density at radius 1 is 1.15 bits per heavy atom. The summed E-state index contributed by atoms with van der Waals surface area (Å²) in [5, 5.41) is 6.04. The number of carbonyl (C=O) groups excluding carboxylic acids is 2. The Morgan fingerprint density at radius 2 is 2.00 bits per heavy atom. The van der Waals surface area contributed by atoms with E-state index in [0.717, 1.165) is 28.5 Å². The van der Waals surface area contributed by atoms with Crippen LogP contribution in [0.3, 0.4) is 0 Å². The van der Waals surface area contributed by atoms with E-state index < -0.39 is 0 Å². The highest BCUT2D eigenvalue weighted by molar-refractivity contribution is 7.17. The molecule has 2 aliphatic rings. The van der Waals surface area contributed by atoms with Crippen LogP contribution in [0.2, 0.25) is 5.02 Å². The third-order valence-corrected chi connectivity index (χ3v) is 9.59. The van der Waals surface area contributed by atoms with Crippen LogP contribution in [0, 0.1) is 0 Å². The van der Waals surface area contributed by atoms with Crippen LogP contribution in [0.15, 0.2) is 23.8 Å². The van der Waals surface area contributed by atoms with Gasteiger partial charge in [-0.05, 0) is 46.2 Å². The van der Waals surface area contributed by atoms with Crippen LogP contribution >= 0.6 is 34.3 Å². The number of aromatic nitrogens is 3. The van der Waals surface area contributed by atoms with Gasteiger partial charge in [0, 0.05) is 48.5 Å². The van der Waals surface area contributed by atoms with Crippen molar-refractivity contribution in [2.24, 2.45) is 0 Å². The Bertz CT molecular complexity index is 1330. The first-order chi connectivity index (χ1) is 19.3. The van der Waals surface area contributed by atoms with Crippen molar-refractivity contribution < 1.29 is 14.3 Å². The van der Waals surface area contributed by atoms with E-state index in [0.29, 0.717) is 48.3 Å².